The number of hydrogen-bond acceptors (Lipinski definition) is 17. The topological polar surface area (TPSA) is 290 Å². The Hall–Kier alpha value is -5.95. The van der Waals surface area contributed by atoms with Crippen LogP contribution < -0.4 is 34.2 Å². The first-order chi connectivity index (χ1) is 29.0. The molecule has 0 saturated carbocycles. The monoisotopic (exact) mass is 877 g/mol. The van der Waals surface area contributed by atoms with E-state index in [1.54, 1.807) is 32.4 Å². The van der Waals surface area contributed by atoms with Gasteiger partial charge in [0, 0.05) is 25.0 Å². The Labute approximate surface area is 360 Å². The fourth-order valence-electron chi connectivity index (χ4n) is 7.08. The number of methoxy groups -OCH3 is 4. The molecule has 2 aromatic carbocycles. The van der Waals surface area contributed by atoms with Crippen LogP contribution in [0.15, 0.2) is 30.3 Å². The number of piperidine rings is 1. The van der Waals surface area contributed by atoms with Crippen molar-refractivity contribution in [2.75, 3.05) is 68.3 Å². The fourth-order valence-corrected chi connectivity index (χ4v) is 7.08. The van der Waals surface area contributed by atoms with E-state index in [9.17, 15) is 39.6 Å². The summed E-state index contributed by atoms with van der Waals surface area (Å²) >= 11 is 0. The van der Waals surface area contributed by atoms with Crippen molar-refractivity contribution in [3.63, 3.8) is 0 Å². The Morgan fingerprint density at radius 1 is 1.00 bits per heavy atom. The number of nitriles is 1. The molecule has 1 amide bonds. The van der Waals surface area contributed by atoms with Gasteiger partial charge in [-0.25, -0.2) is 9.80 Å². The first-order valence-corrected chi connectivity index (χ1v) is 19.7. The van der Waals surface area contributed by atoms with Crippen LogP contribution in [0.25, 0.3) is 0 Å². The molecule has 5 N–H and O–H groups in total. The summed E-state index contributed by atoms with van der Waals surface area (Å²) in [6.45, 7) is 5.16. The number of carbonyl (C=O) groups excluding carboxylic acids is 3. The average molecular weight is 878 g/mol. The van der Waals surface area contributed by atoms with Gasteiger partial charge in [0.15, 0.2) is 36.2 Å². The molecule has 1 heterocycles. The van der Waals surface area contributed by atoms with Crippen molar-refractivity contribution in [1.29, 1.82) is 5.26 Å². The van der Waals surface area contributed by atoms with Gasteiger partial charge in [0.25, 0.3) is 5.91 Å². The number of nitrogens with zero attached hydrogens (tertiary/aromatic N) is 4. The summed E-state index contributed by atoms with van der Waals surface area (Å²) in [5.41, 5.74) is 0.726. The first-order valence-electron chi connectivity index (χ1n) is 19.7. The number of hydrogen-bond donors (Lipinski definition) is 3. The first kappa shape index (κ1) is 52.2. The van der Waals surface area contributed by atoms with Crippen molar-refractivity contribution in [2.24, 2.45) is 5.92 Å². The highest BCUT2D eigenvalue weighted by molar-refractivity contribution is 5.87. The van der Waals surface area contributed by atoms with E-state index in [1.165, 1.54) is 7.11 Å². The molecule has 0 bridgehead atoms. The van der Waals surface area contributed by atoms with Gasteiger partial charge in [0.05, 0.1) is 58.7 Å². The number of carbonyl (C=O) groups is 4. The van der Waals surface area contributed by atoms with Crippen molar-refractivity contribution < 1.29 is 78.4 Å². The van der Waals surface area contributed by atoms with Gasteiger partial charge in [-0.1, -0.05) is 19.4 Å². The summed E-state index contributed by atoms with van der Waals surface area (Å²) in [5.74, 6) is -3.74. The van der Waals surface area contributed by atoms with Crippen LogP contribution in [0.5, 0.6) is 28.7 Å². The van der Waals surface area contributed by atoms with E-state index in [2.05, 4.69) is 35.1 Å². The number of rotatable bonds is 26. The van der Waals surface area contributed by atoms with E-state index in [1.807, 2.05) is 31.3 Å². The third kappa shape index (κ3) is 14.3. The Morgan fingerprint density at radius 2 is 1.63 bits per heavy atom. The molecule has 0 radical (unpaired) electrons. The number of carboxylic acids is 2. The lowest BCUT2D eigenvalue weighted by Gasteiger charge is -2.31. The standard InChI is InChI=1S/C41H57N5O15.H2O/c1-8-14-40(26-42,30-20-33(56-5)38(58-7)34(21-30)57-6)15-9-16-44(3)27(2)29-10-11-31(32(19-29)55-4)59-25-35(47)43-45-17-12-28(13-18-45)24-60-46(54)61-37(50)23-41(53,39(51)52)22-36(48)49;/h10-11,19-21,27-28,53H,8-9,12-18,22-25H2,1-7H3,(H2-,43,47,48,49,51,52);1H2. The van der Waals surface area contributed by atoms with Crippen LogP contribution in [0.3, 0.4) is 0 Å². The highest BCUT2D eigenvalue weighted by atomic mass is 17.0. The molecule has 3 rings (SSSR count). The Morgan fingerprint density at radius 3 is 2.16 bits per heavy atom. The van der Waals surface area contributed by atoms with E-state index in [0.717, 1.165) is 24.0 Å². The second-order valence-electron chi connectivity index (χ2n) is 14.8. The van der Waals surface area contributed by atoms with Crippen LogP contribution in [-0.2, 0) is 34.3 Å². The molecule has 3 atom stereocenters. The summed E-state index contributed by atoms with van der Waals surface area (Å²) < 4.78 is 28.1. The third-order valence-electron chi connectivity index (χ3n) is 10.7. The molecule has 21 nitrogen and oxygen atoms in total. The lowest BCUT2D eigenvalue weighted by molar-refractivity contribution is -0.964. The minimum absolute atomic E-state index is 0. The van der Waals surface area contributed by atoms with Crippen molar-refractivity contribution >= 4 is 23.8 Å². The zero-order valence-electron chi connectivity index (χ0n) is 36.2. The highest BCUT2D eigenvalue weighted by Crippen LogP contribution is 2.44. The molecule has 2 aromatic rings. The molecule has 62 heavy (non-hydrogen) atoms. The molecular weight excluding hydrogens is 818 g/mol. The van der Waals surface area contributed by atoms with E-state index < -0.39 is 52.8 Å². The summed E-state index contributed by atoms with van der Waals surface area (Å²) in [5, 5.41) is 41.4. The number of benzene rings is 2. The van der Waals surface area contributed by atoms with Gasteiger partial charge in [-0.05, 0) is 88.0 Å². The van der Waals surface area contributed by atoms with Gasteiger partial charge in [-0.15, -0.1) is 4.84 Å². The summed E-state index contributed by atoms with van der Waals surface area (Å²) in [6, 6.07) is 11.8. The average Bonchev–Trinajstić information content (AvgIpc) is 3.23. The second kappa shape index (κ2) is 24.5. The van der Waals surface area contributed by atoms with Crippen molar-refractivity contribution in [2.45, 2.75) is 82.3 Å². The number of aliphatic hydroxyl groups is 1. The van der Waals surface area contributed by atoms with E-state index in [-0.39, 0.29) is 30.6 Å². The maximum atomic E-state index is 12.8. The fraction of sp³-hybridized carbons (Fsp3) is 0.585. The molecule has 0 aromatic heterocycles. The lowest BCUT2D eigenvalue weighted by Crippen LogP contribution is -2.51. The van der Waals surface area contributed by atoms with Crippen molar-refractivity contribution in [1.82, 2.24) is 15.3 Å². The molecule has 0 spiro atoms. The van der Waals surface area contributed by atoms with Gasteiger partial charge in [0.2, 0.25) is 5.75 Å². The highest BCUT2D eigenvalue weighted by Gasteiger charge is 2.39. The molecule has 1 saturated heterocycles. The molecule has 1 fully saturated rings. The molecule has 0 aliphatic carbocycles. The number of aliphatic carboxylic acids is 2. The predicted octanol–water partition coefficient (Wildman–Crippen LogP) is 1.57. The van der Waals surface area contributed by atoms with Crippen molar-refractivity contribution in [3.8, 4) is 34.8 Å². The lowest BCUT2D eigenvalue weighted by atomic mass is 9.74. The van der Waals surface area contributed by atoms with Crippen LogP contribution in [0.4, 0.5) is 0 Å². The molecule has 1 aliphatic rings. The second-order valence-corrected chi connectivity index (χ2v) is 14.8. The van der Waals surface area contributed by atoms with E-state index in [0.29, 0.717) is 74.1 Å². The normalized spacial score (nSPS) is 15.3. The molecular formula is C41H59N5O16. The maximum absolute atomic E-state index is 12.8. The smallest absolute Gasteiger partial charge is 0.486 e. The number of carboxylic acid groups (broad SMARTS) is 2. The largest absolute Gasteiger partial charge is 0.547 e. The Kier molecular flexibility index (Phi) is 20.6. The minimum Gasteiger partial charge on any atom is -0.547 e. The maximum Gasteiger partial charge on any atom is 0.486 e. The number of amides is 1. The Balaban J connectivity index is 0.0000132. The quantitative estimate of drug-likeness (QED) is 0.113. The summed E-state index contributed by atoms with van der Waals surface area (Å²) in [4.78, 5) is 69.8. The minimum atomic E-state index is -3.07. The summed E-state index contributed by atoms with van der Waals surface area (Å²) in [7, 11) is 8.18. The van der Waals surface area contributed by atoms with Crippen LogP contribution >= 0.6 is 0 Å². The zero-order valence-corrected chi connectivity index (χ0v) is 36.2. The molecule has 3 unspecified atom stereocenters. The van der Waals surface area contributed by atoms with E-state index >= 15 is 0 Å². The van der Waals surface area contributed by atoms with Gasteiger partial charge in [0.1, 0.15) is 10.5 Å². The zero-order chi connectivity index (χ0) is 45.3. The Bertz CT molecular complexity index is 1860. The van der Waals surface area contributed by atoms with Crippen LogP contribution in [0.2, 0.25) is 0 Å². The predicted molar refractivity (Wildman–Crippen MR) is 216 cm³/mol. The van der Waals surface area contributed by atoms with Gasteiger partial charge in [-0.2, -0.15) is 10.1 Å². The summed E-state index contributed by atoms with van der Waals surface area (Å²) in [6.07, 6.45) is 1.09. The third-order valence-corrected chi connectivity index (χ3v) is 10.7. The van der Waals surface area contributed by atoms with Gasteiger partial charge >= 0.3 is 17.0 Å². The molecule has 344 valence electrons. The van der Waals surface area contributed by atoms with Gasteiger partial charge < -0.3 is 49.3 Å². The van der Waals surface area contributed by atoms with Crippen LogP contribution in [-0.4, -0.2) is 128 Å². The number of nitrogens with one attached hydrogen (secondary N) is 1. The van der Waals surface area contributed by atoms with Crippen molar-refractivity contribution in [3.05, 3.63) is 46.4 Å². The van der Waals surface area contributed by atoms with E-state index in [4.69, 9.17) is 33.6 Å². The van der Waals surface area contributed by atoms with Crippen LogP contribution in [0.1, 0.15) is 82.4 Å². The molecule has 1 aliphatic heterocycles. The number of hydrazine groups is 1. The van der Waals surface area contributed by atoms with Gasteiger partial charge in [-0.3, -0.25) is 19.9 Å². The number of ether oxygens (including phenoxy) is 5. The SMILES string of the molecule is CCCC(C#N)(CCCN(C)C(C)c1ccc(OCC(=O)NN2CCC(CO[N+](=O)OC(=O)CC(O)(CC(=O)O)C(=O)[O-])CC2)c(OC)c1)c1cc(OC)c(OC)c(OC)c1.O. The van der Waals surface area contributed by atoms with Crippen LogP contribution in [0, 0.1) is 22.2 Å². The molecule has 21 heteroatoms.